The third kappa shape index (κ3) is 7.15. The van der Waals surface area contributed by atoms with Gasteiger partial charge in [0.05, 0.1) is 13.2 Å². The van der Waals surface area contributed by atoms with Crippen molar-refractivity contribution < 1.29 is 9.47 Å². The molecule has 0 spiro atoms. The van der Waals surface area contributed by atoms with E-state index in [1.54, 1.807) is 0 Å². The van der Waals surface area contributed by atoms with E-state index in [2.05, 4.69) is 83.8 Å². The molecule has 0 aliphatic heterocycles. The third-order valence-electron chi connectivity index (χ3n) is 4.87. The Hall–Kier alpha value is -1.00. The second kappa shape index (κ2) is 11.1. The zero-order valence-corrected chi connectivity index (χ0v) is 19.9. The van der Waals surface area contributed by atoms with Crippen molar-refractivity contribution in [1.82, 2.24) is 0 Å². The smallest absolute Gasteiger partial charge is 0.122 e. The van der Waals surface area contributed by atoms with Crippen LogP contribution in [0.5, 0.6) is 11.5 Å². The average Bonchev–Trinajstić information content (AvgIpc) is 2.66. The molecule has 0 saturated heterocycles. The van der Waals surface area contributed by atoms with Crippen LogP contribution in [0, 0.1) is 11.8 Å². The normalized spacial score (nSPS) is 13.3. The molecular weight excluding hydrogens is 468 g/mol. The summed E-state index contributed by atoms with van der Waals surface area (Å²) in [6.07, 6.45) is 3.00. The molecule has 2 rings (SSSR count). The molecule has 4 heteroatoms. The first-order valence-electron chi connectivity index (χ1n) is 9.75. The van der Waals surface area contributed by atoms with Gasteiger partial charge in [-0.3, -0.25) is 0 Å². The van der Waals surface area contributed by atoms with E-state index in [9.17, 15) is 0 Å². The highest BCUT2D eigenvalue weighted by atomic mass is 79.9. The predicted molar refractivity (Wildman–Crippen MR) is 121 cm³/mol. The van der Waals surface area contributed by atoms with Crippen LogP contribution < -0.4 is 9.47 Å². The van der Waals surface area contributed by atoms with Gasteiger partial charge in [-0.25, -0.2) is 0 Å². The number of halogens is 2. The first kappa shape index (κ1) is 22.3. The SMILES string of the molecule is CC[C@H](C)COc1ccc(Br)cc1Cc1cc(Br)ccc1OC[C@@H](C)CC. The molecule has 0 N–H and O–H groups in total. The Labute approximate surface area is 180 Å². The summed E-state index contributed by atoms with van der Waals surface area (Å²) in [6.45, 7) is 10.3. The topological polar surface area (TPSA) is 18.5 Å². The summed E-state index contributed by atoms with van der Waals surface area (Å²) in [5.74, 6) is 2.99. The maximum Gasteiger partial charge on any atom is 0.122 e. The van der Waals surface area contributed by atoms with E-state index in [1.165, 1.54) is 11.1 Å². The van der Waals surface area contributed by atoms with Gasteiger partial charge in [-0.2, -0.15) is 0 Å². The standard InChI is InChI=1S/C23H30Br2O2/c1-5-16(3)14-26-22-9-7-20(24)12-18(22)11-19-13-21(25)8-10-23(19)27-15-17(4)6-2/h7-10,12-13,16-17H,5-6,11,14-15H2,1-4H3/t16-,17-/m0/s1. The lowest BCUT2D eigenvalue weighted by atomic mass is 10.0. The first-order chi connectivity index (χ1) is 12.9. The highest BCUT2D eigenvalue weighted by Gasteiger charge is 2.12. The summed E-state index contributed by atoms with van der Waals surface area (Å²) in [5.41, 5.74) is 2.33. The van der Waals surface area contributed by atoms with E-state index >= 15 is 0 Å². The number of ether oxygens (including phenoxy) is 2. The minimum Gasteiger partial charge on any atom is -0.493 e. The number of benzene rings is 2. The lowest BCUT2D eigenvalue weighted by Gasteiger charge is -2.18. The average molecular weight is 498 g/mol. The zero-order chi connectivity index (χ0) is 19.8. The van der Waals surface area contributed by atoms with Crippen LogP contribution in [-0.4, -0.2) is 13.2 Å². The third-order valence-corrected chi connectivity index (χ3v) is 5.85. The van der Waals surface area contributed by atoms with Gasteiger partial charge < -0.3 is 9.47 Å². The Morgan fingerprint density at radius 3 is 1.52 bits per heavy atom. The fourth-order valence-corrected chi connectivity index (χ4v) is 3.38. The maximum absolute atomic E-state index is 6.13. The van der Waals surface area contributed by atoms with Crippen LogP contribution in [0.2, 0.25) is 0 Å². The molecule has 0 amide bonds. The number of rotatable bonds is 10. The van der Waals surface area contributed by atoms with Crippen LogP contribution in [0.1, 0.15) is 51.7 Å². The van der Waals surface area contributed by atoms with Gasteiger partial charge in [0.1, 0.15) is 11.5 Å². The van der Waals surface area contributed by atoms with E-state index < -0.39 is 0 Å². The Morgan fingerprint density at radius 2 is 1.15 bits per heavy atom. The molecule has 0 fully saturated rings. The number of hydrogen-bond donors (Lipinski definition) is 0. The van der Waals surface area contributed by atoms with Crippen LogP contribution in [0.4, 0.5) is 0 Å². The molecule has 0 aliphatic carbocycles. The van der Waals surface area contributed by atoms with Gasteiger partial charge in [-0.15, -0.1) is 0 Å². The molecule has 2 aromatic carbocycles. The van der Waals surface area contributed by atoms with E-state index in [-0.39, 0.29) is 0 Å². The van der Waals surface area contributed by atoms with Crippen molar-refractivity contribution in [2.45, 2.75) is 47.0 Å². The molecule has 2 nitrogen and oxygen atoms in total. The molecule has 0 aliphatic rings. The molecule has 0 heterocycles. The molecule has 148 valence electrons. The van der Waals surface area contributed by atoms with E-state index in [1.807, 2.05) is 12.1 Å². The second-order valence-corrected chi connectivity index (χ2v) is 9.16. The van der Waals surface area contributed by atoms with Crippen molar-refractivity contribution in [3.05, 3.63) is 56.5 Å². The fraction of sp³-hybridized carbons (Fsp3) is 0.478. The molecular formula is C23H30Br2O2. The van der Waals surface area contributed by atoms with Gasteiger partial charge in [-0.1, -0.05) is 72.4 Å². The van der Waals surface area contributed by atoms with Gasteiger partial charge in [0.2, 0.25) is 0 Å². The number of hydrogen-bond acceptors (Lipinski definition) is 2. The highest BCUT2D eigenvalue weighted by molar-refractivity contribution is 9.10. The van der Waals surface area contributed by atoms with Crippen LogP contribution >= 0.6 is 31.9 Å². The van der Waals surface area contributed by atoms with Crippen molar-refractivity contribution in [1.29, 1.82) is 0 Å². The van der Waals surface area contributed by atoms with E-state index in [0.717, 1.165) is 52.9 Å². The van der Waals surface area contributed by atoms with Gasteiger partial charge in [0.15, 0.2) is 0 Å². The summed E-state index contributed by atoms with van der Waals surface area (Å²) in [4.78, 5) is 0. The molecule has 0 bridgehead atoms. The largest absolute Gasteiger partial charge is 0.493 e. The molecule has 27 heavy (non-hydrogen) atoms. The summed E-state index contributed by atoms with van der Waals surface area (Å²) < 4.78 is 14.4. The summed E-state index contributed by atoms with van der Waals surface area (Å²) >= 11 is 7.20. The molecule has 0 unspecified atom stereocenters. The van der Waals surface area contributed by atoms with Crippen LogP contribution in [0.3, 0.4) is 0 Å². The Balaban J connectivity index is 2.24. The van der Waals surface area contributed by atoms with Gasteiger partial charge >= 0.3 is 0 Å². The summed E-state index contributed by atoms with van der Waals surface area (Å²) in [6, 6.07) is 12.5. The minimum absolute atomic E-state index is 0.543. The molecule has 0 aromatic heterocycles. The van der Waals surface area contributed by atoms with E-state index in [4.69, 9.17) is 9.47 Å². The van der Waals surface area contributed by atoms with E-state index in [0.29, 0.717) is 11.8 Å². The fourth-order valence-electron chi connectivity index (χ4n) is 2.56. The lowest BCUT2D eigenvalue weighted by molar-refractivity contribution is 0.252. The second-order valence-electron chi connectivity index (χ2n) is 7.33. The first-order valence-corrected chi connectivity index (χ1v) is 11.3. The summed E-state index contributed by atoms with van der Waals surface area (Å²) in [7, 11) is 0. The lowest BCUT2D eigenvalue weighted by Crippen LogP contribution is -2.10. The Bertz CT molecular complexity index is 669. The molecule has 0 radical (unpaired) electrons. The van der Waals surface area contributed by atoms with Crippen molar-refractivity contribution in [3.63, 3.8) is 0 Å². The van der Waals surface area contributed by atoms with Gasteiger partial charge in [0.25, 0.3) is 0 Å². The Kier molecular flexibility index (Phi) is 9.17. The Morgan fingerprint density at radius 1 is 0.741 bits per heavy atom. The molecule has 2 aromatic rings. The van der Waals surface area contributed by atoms with Crippen LogP contribution in [0.15, 0.2) is 45.3 Å². The minimum atomic E-state index is 0.543. The van der Waals surface area contributed by atoms with Crippen LogP contribution in [0.25, 0.3) is 0 Å². The predicted octanol–water partition coefficient (Wildman–Crippen LogP) is 7.65. The monoisotopic (exact) mass is 496 g/mol. The van der Waals surface area contributed by atoms with Gasteiger partial charge in [0, 0.05) is 15.4 Å². The highest BCUT2D eigenvalue weighted by Crippen LogP contribution is 2.31. The quantitative estimate of drug-likeness (QED) is 0.335. The summed E-state index contributed by atoms with van der Waals surface area (Å²) in [5, 5.41) is 0. The van der Waals surface area contributed by atoms with Gasteiger partial charge in [-0.05, 0) is 59.4 Å². The van der Waals surface area contributed by atoms with Crippen molar-refractivity contribution in [2.24, 2.45) is 11.8 Å². The van der Waals surface area contributed by atoms with Crippen LogP contribution in [-0.2, 0) is 6.42 Å². The molecule has 0 saturated carbocycles. The van der Waals surface area contributed by atoms with Crippen molar-refractivity contribution in [2.75, 3.05) is 13.2 Å². The maximum atomic E-state index is 6.13. The van der Waals surface area contributed by atoms with Crippen molar-refractivity contribution in [3.8, 4) is 11.5 Å². The molecule has 2 atom stereocenters. The van der Waals surface area contributed by atoms with Crippen molar-refractivity contribution >= 4 is 31.9 Å². The zero-order valence-electron chi connectivity index (χ0n) is 16.7.